The topological polar surface area (TPSA) is 55.3 Å². The van der Waals surface area contributed by atoms with E-state index in [1.807, 2.05) is 0 Å². The number of aromatic nitrogens is 2. The van der Waals surface area contributed by atoms with Crippen molar-refractivity contribution in [1.29, 1.82) is 0 Å². The Hall–Kier alpha value is -1.17. The molecule has 0 bridgehead atoms. The summed E-state index contributed by atoms with van der Waals surface area (Å²) in [4.78, 5) is 14.5. The van der Waals surface area contributed by atoms with Gasteiger partial charge in [-0.15, -0.1) is 10.2 Å². The molecule has 2 aliphatic rings. The van der Waals surface area contributed by atoms with E-state index in [-0.39, 0.29) is 11.4 Å². The van der Waals surface area contributed by atoms with Gasteiger partial charge in [0.1, 0.15) is 5.01 Å². The molecule has 20 heavy (non-hydrogen) atoms. The van der Waals surface area contributed by atoms with Crippen molar-refractivity contribution in [1.82, 2.24) is 10.2 Å². The molecule has 1 aromatic rings. The smallest absolute Gasteiger partial charge is 0.313 e. The number of hydrogen-bond donors (Lipinski definition) is 0. The van der Waals surface area contributed by atoms with Crippen LogP contribution in [-0.4, -0.2) is 36.4 Å². The second-order valence-electron chi connectivity index (χ2n) is 5.85. The van der Waals surface area contributed by atoms with Gasteiger partial charge in [0.05, 0.1) is 12.5 Å². The van der Waals surface area contributed by atoms with Crippen molar-refractivity contribution >= 4 is 22.4 Å². The molecule has 0 spiro atoms. The number of esters is 1. The highest BCUT2D eigenvalue weighted by Crippen LogP contribution is 2.50. The van der Waals surface area contributed by atoms with E-state index in [1.165, 1.54) is 7.11 Å². The maximum absolute atomic E-state index is 12.2. The van der Waals surface area contributed by atoms with Crippen LogP contribution >= 0.6 is 11.3 Å². The first-order valence-electron chi connectivity index (χ1n) is 7.35. The van der Waals surface area contributed by atoms with Crippen LogP contribution in [0.4, 0.5) is 5.13 Å². The molecule has 0 amide bonds. The Morgan fingerprint density at radius 2 is 2.40 bits per heavy atom. The molecule has 0 N–H and O–H groups in total. The van der Waals surface area contributed by atoms with E-state index < -0.39 is 0 Å². The maximum Gasteiger partial charge on any atom is 0.313 e. The number of hydrogen-bond acceptors (Lipinski definition) is 6. The van der Waals surface area contributed by atoms with Crippen molar-refractivity contribution in [3.63, 3.8) is 0 Å². The van der Waals surface area contributed by atoms with Crippen molar-refractivity contribution in [2.24, 2.45) is 11.3 Å². The van der Waals surface area contributed by atoms with Crippen LogP contribution < -0.4 is 4.90 Å². The third-order valence-corrected chi connectivity index (χ3v) is 5.70. The van der Waals surface area contributed by atoms with Crippen molar-refractivity contribution in [3.8, 4) is 0 Å². The number of carbonyl (C=O) groups is 1. The predicted molar refractivity (Wildman–Crippen MR) is 77.9 cm³/mol. The van der Waals surface area contributed by atoms with E-state index in [2.05, 4.69) is 22.0 Å². The van der Waals surface area contributed by atoms with Gasteiger partial charge in [-0.25, -0.2) is 0 Å². The lowest BCUT2D eigenvalue weighted by Crippen LogP contribution is -2.36. The number of methoxy groups -OCH3 is 1. The van der Waals surface area contributed by atoms with Gasteiger partial charge < -0.3 is 9.64 Å². The zero-order chi connectivity index (χ0) is 14.2. The number of aryl methyl sites for hydroxylation is 1. The van der Waals surface area contributed by atoms with E-state index in [9.17, 15) is 4.79 Å². The number of nitrogens with zero attached hydrogens (tertiary/aromatic N) is 3. The van der Waals surface area contributed by atoms with Crippen LogP contribution in [0.1, 0.15) is 37.6 Å². The van der Waals surface area contributed by atoms with Gasteiger partial charge in [-0.1, -0.05) is 24.7 Å². The van der Waals surface area contributed by atoms with Crippen molar-refractivity contribution in [2.45, 2.75) is 39.0 Å². The van der Waals surface area contributed by atoms with Crippen LogP contribution in [0.15, 0.2) is 0 Å². The van der Waals surface area contributed by atoms with Crippen LogP contribution in [0.5, 0.6) is 0 Å². The molecule has 3 rings (SSSR count). The predicted octanol–water partition coefficient (Wildman–Crippen LogP) is 2.27. The molecule has 2 fully saturated rings. The molecule has 110 valence electrons. The molecule has 2 atom stereocenters. The molecule has 1 aromatic heterocycles. The van der Waals surface area contributed by atoms with E-state index >= 15 is 0 Å². The molecule has 5 nitrogen and oxygen atoms in total. The second-order valence-corrected chi connectivity index (χ2v) is 6.89. The zero-order valence-electron chi connectivity index (χ0n) is 12.1. The Bertz CT molecular complexity index is 504. The summed E-state index contributed by atoms with van der Waals surface area (Å²) in [6.45, 7) is 3.80. The number of ether oxygens (including phenoxy) is 1. The zero-order valence-corrected chi connectivity index (χ0v) is 12.9. The third kappa shape index (κ3) is 2.10. The molecular formula is C14H21N3O2S. The average Bonchev–Trinajstić information content (AvgIpc) is 3.10. The summed E-state index contributed by atoms with van der Waals surface area (Å²) in [5.41, 5.74) is -0.300. The molecule has 0 radical (unpaired) electrons. The highest BCUT2D eigenvalue weighted by atomic mass is 32.1. The summed E-state index contributed by atoms with van der Waals surface area (Å²) in [5.74, 6) is 0.370. The summed E-state index contributed by atoms with van der Waals surface area (Å²) in [6, 6.07) is 0. The summed E-state index contributed by atoms with van der Waals surface area (Å²) in [7, 11) is 1.50. The quantitative estimate of drug-likeness (QED) is 0.798. The van der Waals surface area contributed by atoms with Crippen molar-refractivity contribution in [3.05, 3.63) is 5.01 Å². The summed E-state index contributed by atoms with van der Waals surface area (Å²) >= 11 is 1.66. The van der Waals surface area contributed by atoms with Gasteiger partial charge in [0, 0.05) is 19.5 Å². The first-order chi connectivity index (χ1) is 9.69. The second kappa shape index (κ2) is 5.31. The molecule has 1 saturated carbocycles. The van der Waals surface area contributed by atoms with Crippen LogP contribution in [-0.2, 0) is 16.0 Å². The third-order valence-electron chi connectivity index (χ3n) is 4.65. The van der Waals surface area contributed by atoms with Gasteiger partial charge in [0.2, 0.25) is 5.13 Å². The molecule has 1 aliphatic carbocycles. The summed E-state index contributed by atoms with van der Waals surface area (Å²) in [5, 5.41) is 10.6. The Balaban J connectivity index is 1.79. The lowest BCUT2D eigenvalue weighted by Gasteiger charge is -2.25. The highest BCUT2D eigenvalue weighted by molar-refractivity contribution is 7.15. The molecule has 6 heteroatoms. The SMILES string of the molecule is CCCc1nnc(N2CC3CCCC3(C(=O)OC)C2)s1. The fourth-order valence-corrected chi connectivity index (χ4v) is 4.61. The van der Waals surface area contributed by atoms with E-state index in [0.717, 1.165) is 55.3 Å². The van der Waals surface area contributed by atoms with Gasteiger partial charge in [-0.05, 0) is 25.2 Å². The normalized spacial score (nSPS) is 28.7. The summed E-state index contributed by atoms with van der Waals surface area (Å²) in [6.07, 6.45) is 5.26. The highest BCUT2D eigenvalue weighted by Gasteiger charge is 2.55. The maximum atomic E-state index is 12.2. The molecule has 1 aliphatic heterocycles. The van der Waals surface area contributed by atoms with Crippen molar-refractivity contribution in [2.75, 3.05) is 25.1 Å². The van der Waals surface area contributed by atoms with E-state index in [1.54, 1.807) is 11.3 Å². The molecule has 2 unspecified atom stereocenters. The fourth-order valence-electron chi connectivity index (χ4n) is 3.66. The lowest BCUT2D eigenvalue weighted by atomic mass is 9.81. The molecule has 1 saturated heterocycles. The first-order valence-corrected chi connectivity index (χ1v) is 8.17. The average molecular weight is 295 g/mol. The van der Waals surface area contributed by atoms with Crippen LogP contribution in [0.3, 0.4) is 0 Å². The number of carbonyl (C=O) groups excluding carboxylic acids is 1. The number of fused-ring (bicyclic) bond motifs is 1. The van der Waals surface area contributed by atoms with Gasteiger partial charge in [-0.3, -0.25) is 4.79 Å². The minimum atomic E-state index is -0.300. The Morgan fingerprint density at radius 1 is 1.55 bits per heavy atom. The van der Waals surface area contributed by atoms with Gasteiger partial charge >= 0.3 is 5.97 Å². The van der Waals surface area contributed by atoms with E-state index in [0.29, 0.717) is 5.92 Å². The largest absolute Gasteiger partial charge is 0.469 e. The number of rotatable bonds is 4. The van der Waals surface area contributed by atoms with Crippen LogP contribution in [0.25, 0.3) is 0 Å². The minimum absolute atomic E-state index is 0.0409. The van der Waals surface area contributed by atoms with Crippen LogP contribution in [0.2, 0.25) is 0 Å². The summed E-state index contributed by atoms with van der Waals surface area (Å²) < 4.78 is 5.07. The Kier molecular flexibility index (Phi) is 3.67. The Labute approximate surface area is 123 Å². The van der Waals surface area contributed by atoms with E-state index in [4.69, 9.17) is 4.74 Å². The van der Waals surface area contributed by atoms with Crippen LogP contribution in [0, 0.1) is 11.3 Å². The van der Waals surface area contributed by atoms with Gasteiger partial charge in [-0.2, -0.15) is 0 Å². The monoisotopic (exact) mass is 295 g/mol. The lowest BCUT2D eigenvalue weighted by molar-refractivity contribution is -0.152. The molecular weight excluding hydrogens is 274 g/mol. The number of anilines is 1. The fraction of sp³-hybridized carbons (Fsp3) is 0.786. The first kappa shape index (κ1) is 13.8. The Morgan fingerprint density at radius 3 is 3.15 bits per heavy atom. The van der Waals surface area contributed by atoms with Gasteiger partial charge in [0.25, 0.3) is 0 Å². The minimum Gasteiger partial charge on any atom is -0.469 e. The van der Waals surface area contributed by atoms with Crippen molar-refractivity contribution < 1.29 is 9.53 Å². The molecule has 2 heterocycles. The van der Waals surface area contributed by atoms with Gasteiger partial charge in [0.15, 0.2) is 0 Å². The molecule has 0 aromatic carbocycles. The standard InChI is InChI=1S/C14H21N3O2S/c1-3-5-11-15-16-13(20-11)17-8-10-6-4-7-14(10,9-17)12(18)19-2/h10H,3-9H2,1-2H3.